The van der Waals surface area contributed by atoms with Crippen molar-refractivity contribution in [3.05, 3.63) is 46.7 Å². The summed E-state index contributed by atoms with van der Waals surface area (Å²) < 4.78 is 5.47. The third kappa shape index (κ3) is 5.25. The molecule has 1 saturated heterocycles. The summed E-state index contributed by atoms with van der Waals surface area (Å²) in [5.41, 5.74) is 7.04. The minimum absolute atomic E-state index is 0.119. The molecule has 2 heterocycles. The number of hydrogen-bond acceptors (Lipinski definition) is 3. The van der Waals surface area contributed by atoms with E-state index in [1.54, 1.807) is 0 Å². The molecule has 0 spiro atoms. The zero-order valence-electron chi connectivity index (χ0n) is 20.6. The fraction of sp³-hybridized carbons (Fsp3) is 0.679. The Hall–Kier alpha value is -1.61. The summed E-state index contributed by atoms with van der Waals surface area (Å²) in [6, 6.07) is 7.73. The highest BCUT2D eigenvalue weighted by Gasteiger charge is 2.30. The third-order valence-electron chi connectivity index (χ3n) is 7.28. The Morgan fingerprint density at radius 1 is 0.903 bits per heavy atom. The lowest BCUT2D eigenvalue weighted by atomic mass is 9.78. The van der Waals surface area contributed by atoms with Crippen molar-refractivity contribution < 1.29 is 4.74 Å². The Morgan fingerprint density at radius 2 is 1.52 bits per heavy atom. The maximum absolute atomic E-state index is 5.47. The summed E-state index contributed by atoms with van der Waals surface area (Å²) in [6.45, 7) is 16.3. The Labute approximate surface area is 190 Å². The number of rotatable bonds is 4. The number of benzene rings is 1. The van der Waals surface area contributed by atoms with Gasteiger partial charge in [-0.3, -0.25) is 4.99 Å². The molecule has 0 amide bonds. The fourth-order valence-corrected chi connectivity index (χ4v) is 4.95. The Morgan fingerprint density at radius 3 is 2.03 bits per heavy atom. The number of nitrogens with zero attached hydrogens (tertiary/aromatic N) is 2. The first-order chi connectivity index (χ1) is 14.6. The molecule has 0 bridgehead atoms. The minimum Gasteiger partial charge on any atom is -0.377 e. The zero-order chi connectivity index (χ0) is 22.2. The van der Waals surface area contributed by atoms with Gasteiger partial charge in [-0.05, 0) is 52.0 Å². The van der Waals surface area contributed by atoms with E-state index in [0.717, 1.165) is 32.2 Å². The summed E-state index contributed by atoms with van der Waals surface area (Å²) in [5.74, 6) is 0.802. The average molecular weight is 423 g/mol. The highest BCUT2D eigenvalue weighted by molar-refractivity contribution is 6.13. The van der Waals surface area contributed by atoms with Crippen LogP contribution in [-0.2, 0) is 15.6 Å². The van der Waals surface area contributed by atoms with Crippen molar-refractivity contribution in [2.24, 2.45) is 10.9 Å². The van der Waals surface area contributed by atoms with Crippen LogP contribution in [-0.4, -0.2) is 36.5 Å². The van der Waals surface area contributed by atoms with Gasteiger partial charge in [0.2, 0.25) is 0 Å². The summed E-state index contributed by atoms with van der Waals surface area (Å²) in [4.78, 5) is 7.62. The smallest absolute Gasteiger partial charge is 0.110 e. The van der Waals surface area contributed by atoms with Crippen molar-refractivity contribution in [1.82, 2.24) is 4.90 Å². The molecule has 0 radical (unpaired) electrons. The molecule has 1 saturated carbocycles. The monoisotopic (exact) mass is 422 g/mol. The maximum atomic E-state index is 5.47. The number of allylic oxidation sites excluding steroid dienone is 1. The van der Waals surface area contributed by atoms with E-state index in [-0.39, 0.29) is 10.8 Å². The molecule has 2 fully saturated rings. The van der Waals surface area contributed by atoms with Crippen LogP contribution in [0.1, 0.15) is 96.8 Å². The quantitative estimate of drug-likeness (QED) is 0.546. The van der Waals surface area contributed by atoms with Crippen LogP contribution in [0, 0.1) is 5.92 Å². The molecule has 31 heavy (non-hydrogen) atoms. The van der Waals surface area contributed by atoms with Crippen molar-refractivity contribution in [2.75, 3.05) is 19.9 Å². The molecule has 0 atom stereocenters. The molecule has 1 aromatic rings. The zero-order valence-corrected chi connectivity index (χ0v) is 20.6. The van der Waals surface area contributed by atoms with Gasteiger partial charge in [-0.25, -0.2) is 0 Å². The molecule has 1 aliphatic carbocycles. The molecule has 0 N–H and O–H groups in total. The van der Waals surface area contributed by atoms with Crippen LogP contribution in [0.3, 0.4) is 0 Å². The third-order valence-corrected chi connectivity index (χ3v) is 7.28. The first kappa shape index (κ1) is 22.6. The summed E-state index contributed by atoms with van der Waals surface area (Å²) in [6.07, 6.45) is 10.5. The van der Waals surface area contributed by atoms with Crippen molar-refractivity contribution in [3.8, 4) is 0 Å². The van der Waals surface area contributed by atoms with Gasteiger partial charge in [-0.15, -0.1) is 0 Å². The van der Waals surface area contributed by atoms with Crippen LogP contribution in [0.4, 0.5) is 0 Å². The van der Waals surface area contributed by atoms with E-state index in [1.807, 2.05) is 0 Å². The standard InChI is InChI=1S/C28H42N2O/c1-27(2,3)23-13-21(14-24(15-23)28(4,5)6)26-22(12-20-10-8-7-9-11-20)16-30(19-29-26)25-17-31-18-25/h13-16,20,25H,7-12,17-19H2,1-6H3. The van der Waals surface area contributed by atoms with E-state index in [1.165, 1.54) is 60.1 Å². The van der Waals surface area contributed by atoms with Crippen molar-refractivity contribution >= 4 is 5.71 Å². The van der Waals surface area contributed by atoms with Crippen LogP contribution in [0.25, 0.3) is 0 Å². The molecule has 2 aliphatic heterocycles. The van der Waals surface area contributed by atoms with Gasteiger partial charge >= 0.3 is 0 Å². The normalized spacial score (nSPS) is 21.5. The van der Waals surface area contributed by atoms with Crippen LogP contribution >= 0.6 is 0 Å². The predicted molar refractivity (Wildman–Crippen MR) is 131 cm³/mol. The summed E-state index contributed by atoms with van der Waals surface area (Å²) in [7, 11) is 0. The van der Waals surface area contributed by atoms with Gasteiger partial charge in [0.1, 0.15) is 6.67 Å². The molecule has 0 aromatic heterocycles. The molecule has 4 rings (SSSR count). The van der Waals surface area contributed by atoms with Gasteiger partial charge in [0, 0.05) is 11.8 Å². The second kappa shape index (κ2) is 8.73. The van der Waals surface area contributed by atoms with E-state index in [2.05, 4.69) is 70.8 Å². The van der Waals surface area contributed by atoms with E-state index < -0.39 is 0 Å². The molecule has 170 valence electrons. The molecule has 3 heteroatoms. The Balaban J connectivity index is 1.71. The second-order valence-electron chi connectivity index (χ2n) is 12.0. The topological polar surface area (TPSA) is 24.8 Å². The first-order valence-electron chi connectivity index (χ1n) is 12.4. The van der Waals surface area contributed by atoms with E-state index >= 15 is 0 Å². The number of hydrogen-bond donors (Lipinski definition) is 0. The Kier molecular flexibility index (Phi) is 6.36. The van der Waals surface area contributed by atoms with E-state index in [4.69, 9.17) is 9.73 Å². The van der Waals surface area contributed by atoms with Crippen molar-refractivity contribution in [1.29, 1.82) is 0 Å². The number of ether oxygens (including phenoxy) is 1. The highest BCUT2D eigenvalue weighted by Crippen LogP contribution is 2.35. The Bertz CT molecular complexity index is 810. The maximum Gasteiger partial charge on any atom is 0.110 e. The minimum atomic E-state index is 0.119. The SMILES string of the molecule is CC(C)(C)c1cc(C2=NCN(C3COC3)C=C2CC2CCCCC2)cc(C(C)(C)C)c1. The summed E-state index contributed by atoms with van der Waals surface area (Å²) >= 11 is 0. The summed E-state index contributed by atoms with van der Waals surface area (Å²) in [5, 5.41) is 0. The highest BCUT2D eigenvalue weighted by atomic mass is 16.5. The largest absolute Gasteiger partial charge is 0.377 e. The van der Waals surface area contributed by atoms with E-state index in [9.17, 15) is 0 Å². The average Bonchev–Trinajstić information content (AvgIpc) is 2.66. The van der Waals surface area contributed by atoms with Gasteiger partial charge in [-0.1, -0.05) is 79.7 Å². The lowest BCUT2D eigenvalue weighted by Gasteiger charge is -2.39. The lowest BCUT2D eigenvalue weighted by molar-refractivity contribution is -0.0483. The van der Waals surface area contributed by atoms with Gasteiger partial charge in [0.25, 0.3) is 0 Å². The predicted octanol–water partition coefficient (Wildman–Crippen LogP) is 6.60. The second-order valence-corrected chi connectivity index (χ2v) is 12.0. The van der Waals surface area contributed by atoms with Gasteiger partial charge < -0.3 is 9.64 Å². The van der Waals surface area contributed by atoms with E-state index in [0.29, 0.717) is 6.04 Å². The van der Waals surface area contributed by atoms with Crippen LogP contribution in [0.15, 0.2) is 35.0 Å². The fourth-order valence-electron chi connectivity index (χ4n) is 4.95. The van der Waals surface area contributed by atoms with Crippen LogP contribution in [0.2, 0.25) is 0 Å². The van der Waals surface area contributed by atoms with Crippen molar-refractivity contribution in [3.63, 3.8) is 0 Å². The molecule has 3 aliphatic rings. The molecule has 1 aromatic carbocycles. The first-order valence-corrected chi connectivity index (χ1v) is 12.4. The van der Waals surface area contributed by atoms with Crippen LogP contribution in [0.5, 0.6) is 0 Å². The molecular formula is C28H42N2O. The van der Waals surface area contributed by atoms with Crippen molar-refractivity contribution in [2.45, 2.75) is 96.9 Å². The lowest BCUT2D eigenvalue weighted by Crippen LogP contribution is -2.47. The molecule has 3 nitrogen and oxygen atoms in total. The van der Waals surface area contributed by atoms with Crippen LogP contribution < -0.4 is 0 Å². The molecule has 0 unspecified atom stereocenters. The molecular weight excluding hydrogens is 380 g/mol. The van der Waals surface area contributed by atoms with Gasteiger partial charge in [0.15, 0.2) is 0 Å². The number of aliphatic imine (C=N–C) groups is 1. The van der Waals surface area contributed by atoms with Gasteiger partial charge in [0.05, 0.1) is 25.0 Å². The van der Waals surface area contributed by atoms with Gasteiger partial charge in [-0.2, -0.15) is 0 Å².